The first-order chi connectivity index (χ1) is 13.8. The van der Waals surface area contributed by atoms with Crippen LogP contribution in [0.2, 0.25) is 0 Å². The molecule has 0 spiro atoms. The number of hydrazone groups is 1. The lowest BCUT2D eigenvalue weighted by atomic mass is 10.1. The lowest BCUT2D eigenvalue weighted by Gasteiger charge is -2.27. The molecular formula is C20H16F7N3. The van der Waals surface area contributed by atoms with E-state index < -0.39 is 18.1 Å². The highest BCUT2D eigenvalue weighted by Crippen LogP contribution is 2.45. The molecule has 0 saturated heterocycles. The number of aryl methyl sites for hydroxylation is 1. The molecule has 0 aliphatic carbocycles. The van der Waals surface area contributed by atoms with Gasteiger partial charge in [-0.2, -0.15) is 35.8 Å². The lowest BCUT2D eigenvalue weighted by molar-refractivity contribution is -0.361. The quantitative estimate of drug-likeness (QED) is 0.230. The van der Waals surface area contributed by atoms with Crippen molar-refractivity contribution in [2.24, 2.45) is 5.10 Å². The summed E-state index contributed by atoms with van der Waals surface area (Å²) in [6, 6.07) is 9.24. The molecule has 1 N–H and O–H groups in total. The molecule has 0 aliphatic heterocycles. The highest BCUT2D eigenvalue weighted by Gasteiger charge is 2.73. The molecular weight excluding hydrogens is 415 g/mol. The average molecular weight is 431 g/mol. The lowest BCUT2D eigenvalue weighted by Crippen LogP contribution is -2.58. The molecule has 1 aromatic heterocycles. The van der Waals surface area contributed by atoms with Gasteiger partial charge in [0.25, 0.3) is 0 Å². The summed E-state index contributed by atoms with van der Waals surface area (Å²) in [5.74, 6) is -6.28. The van der Waals surface area contributed by atoms with Crippen molar-refractivity contribution in [1.82, 2.24) is 9.99 Å². The van der Waals surface area contributed by atoms with Crippen molar-refractivity contribution >= 4 is 17.0 Å². The van der Waals surface area contributed by atoms with Gasteiger partial charge in [0.1, 0.15) is 0 Å². The smallest absolute Gasteiger partial charge is 0.318 e. The summed E-state index contributed by atoms with van der Waals surface area (Å²) in [4.78, 5) is 0. The highest BCUT2D eigenvalue weighted by molar-refractivity contribution is 5.85. The fraction of sp³-hybridized carbons (Fsp3) is 0.250. The number of rotatable bonds is 5. The zero-order chi connectivity index (χ0) is 22.3. The summed E-state index contributed by atoms with van der Waals surface area (Å²) in [5.41, 5.74) is 2.91. The van der Waals surface area contributed by atoms with Crippen molar-refractivity contribution in [2.45, 2.75) is 32.0 Å². The number of alkyl halides is 7. The number of benzene rings is 2. The minimum atomic E-state index is -6.43. The van der Waals surface area contributed by atoms with Crippen LogP contribution in [0.25, 0.3) is 16.5 Å². The van der Waals surface area contributed by atoms with Gasteiger partial charge >= 0.3 is 18.1 Å². The molecule has 0 aliphatic rings. The van der Waals surface area contributed by atoms with Gasteiger partial charge in [-0.05, 0) is 42.8 Å². The van der Waals surface area contributed by atoms with E-state index in [0.717, 1.165) is 22.7 Å². The third-order valence-corrected chi connectivity index (χ3v) is 4.62. The monoisotopic (exact) mass is 431 g/mol. The van der Waals surface area contributed by atoms with Gasteiger partial charge in [-0.25, -0.2) is 5.43 Å². The average Bonchev–Trinajstić information content (AvgIpc) is 2.93. The molecule has 1 heterocycles. The van der Waals surface area contributed by atoms with E-state index in [9.17, 15) is 30.7 Å². The van der Waals surface area contributed by atoms with E-state index in [4.69, 9.17) is 0 Å². The summed E-state index contributed by atoms with van der Waals surface area (Å²) < 4.78 is 90.7. The molecule has 2 aromatic carbocycles. The van der Waals surface area contributed by atoms with E-state index in [1.165, 1.54) is 0 Å². The second-order valence-corrected chi connectivity index (χ2v) is 6.71. The number of hydrogen-bond donors (Lipinski definition) is 1. The topological polar surface area (TPSA) is 29.3 Å². The number of fused-ring (bicyclic) bond motifs is 1. The third kappa shape index (κ3) is 3.73. The predicted molar refractivity (Wildman–Crippen MR) is 99.4 cm³/mol. The molecule has 0 atom stereocenters. The first-order valence-corrected chi connectivity index (χ1v) is 8.66. The van der Waals surface area contributed by atoms with Crippen LogP contribution in [0.3, 0.4) is 0 Å². The minimum absolute atomic E-state index is 0.277. The summed E-state index contributed by atoms with van der Waals surface area (Å²) in [5, 5.41) is 4.92. The molecule has 0 saturated carbocycles. The van der Waals surface area contributed by atoms with E-state index in [2.05, 4.69) is 5.10 Å². The van der Waals surface area contributed by atoms with Gasteiger partial charge in [0.2, 0.25) is 0 Å². The van der Waals surface area contributed by atoms with Crippen molar-refractivity contribution in [1.29, 1.82) is 0 Å². The Hall–Kier alpha value is -3.04. The second-order valence-electron chi connectivity index (χ2n) is 6.71. The molecule has 3 aromatic rings. The maximum absolute atomic E-state index is 13.3. The Morgan fingerprint density at radius 3 is 2.13 bits per heavy atom. The van der Waals surface area contributed by atoms with E-state index in [1.807, 2.05) is 42.5 Å². The number of halogens is 7. The SMILES string of the molecule is Cc1cc(/C=N/NC(F)(F)C(F)(F)C(F)(F)F)c(C)n1-c1ccc2ccccc2c1. The maximum atomic E-state index is 13.3. The largest absolute Gasteiger partial charge is 0.462 e. The molecule has 0 radical (unpaired) electrons. The van der Waals surface area contributed by atoms with E-state index in [0.29, 0.717) is 16.8 Å². The van der Waals surface area contributed by atoms with Crippen LogP contribution in [0.15, 0.2) is 53.6 Å². The molecule has 0 bridgehead atoms. The maximum Gasteiger partial charge on any atom is 0.462 e. The van der Waals surface area contributed by atoms with Crippen molar-refractivity contribution in [3.05, 3.63) is 65.5 Å². The van der Waals surface area contributed by atoms with Crippen molar-refractivity contribution in [2.75, 3.05) is 0 Å². The van der Waals surface area contributed by atoms with Crippen LogP contribution < -0.4 is 5.43 Å². The predicted octanol–water partition coefficient (Wildman–Crippen LogP) is 5.96. The molecule has 10 heteroatoms. The fourth-order valence-corrected chi connectivity index (χ4v) is 3.06. The Labute approximate surface area is 166 Å². The summed E-state index contributed by atoms with van der Waals surface area (Å²) in [6.07, 6.45) is -5.65. The molecule has 0 unspecified atom stereocenters. The molecule has 160 valence electrons. The van der Waals surface area contributed by atoms with Crippen LogP contribution in [-0.2, 0) is 0 Å². The molecule has 3 rings (SSSR count). The van der Waals surface area contributed by atoms with Gasteiger partial charge in [0.15, 0.2) is 0 Å². The van der Waals surface area contributed by atoms with Gasteiger partial charge in [0.05, 0.1) is 6.21 Å². The Balaban J connectivity index is 1.88. The summed E-state index contributed by atoms with van der Waals surface area (Å²) >= 11 is 0. The fourth-order valence-electron chi connectivity index (χ4n) is 3.06. The first-order valence-electron chi connectivity index (χ1n) is 8.66. The van der Waals surface area contributed by atoms with Crippen molar-refractivity contribution in [3.63, 3.8) is 0 Å². The first kappa shape index (κ1) is 21.7. The van der Waals surface area contributed by atoms with Crippen LogP contribution in [0, 0.1) is 13.8 Å². The van der Waals surface area contributed by atoms with Gasteiger partial charge in [-0.15, -0.1) is 0 Å². The van der Waals surface area contributed by atoms with Gasteiger partial charge in [0, 0.05) is 22.6 Å². The van der Waals surface area contributed by atoms with E-state index in [1.54, 1.807) is 24.5 Å². The number of nitrogens with one attached hydrogen (secondary N) is 1. The molecule has 30 heavy (non-hydrogen) atoms. The Bertz CT molecular complexity index is 1100. The minimum Gasteiger partial charge on any atom is -0.318 e. The second kappa shape index (κ2) is 7.33. The zero-order valence-corrected chi connectivity index (χ0v) is 15.7. The number of nitrogens with zero attached hydrogens (tertiary/aromatic N) is 2. The Morgan fingerprint density at radius 1 is 0.867 bits per heavy atom. The molecule has 0 amide bonds. The molecule has 0 fully saturated rings. The van der Waals surface area contributed by atoms with Gasteiger partial charge in [-0.1, -0.05) is 30.3 Å². The van der Waals surface area contributed by atoms with Gasteiger partial charge < -0.3 is 4.57 Å². The normalized spacial score (nSPS) is 13.4. The zero-order valence-electron chi connectivity index (χ0n) is 15.7. The van der Waals surface area contributed by atoms with Crippen LogP contribution >= 0.6 is 0 Å². The number of aromatic nitrogens is 1. The standard InChI is InChI=1S/C20H16F7N3/c1-12-9-16(11-28-29-20(26,27)18(21,22)19(23,24)25)13(2)30(12)17-8-7-14-5-3-4-6-15(14)10-17/h3-11,29H,1-2H3/b28-11+. The summed E-state index contributed by atoms with van der Waals surface area (Å²) in [7, 11) is 0. The summed E-state index contributed by atoms with van der Waals surface area (Å²) in [6.45, 7) is 3.38. The highest BCUT2D eigenvalue weighted by atomic mass is 19.4. The van der Waals surface area contributed by atoms with E-state index >= 15 is 0 Å². The Morgan fingerprint density at radius 2 is 1.50 bits per heavy atom. The van der Waals surface area contributed by atoms with Crippen LogP contribution in [-0.4, -0.2) is 28.9 Å². The number of hydrogen-bond acceptors (Lipinski definition) is 2. The van der Waals surface area contributed by atoms with Crippen LogP contribution in [0.1, 0.15) is 17.0 Å². The van der Waals surface area contributed by atoms with Crippen molar-refractivity contribution < 1.29 is 30.7 Å². The van der Waals surface area contributed by atoms with E-state index in [-0.39, 0.29) is 5.56 Å². The van der Waals surface area contributed by atoms with Gasteiger partial charge in [-0.3, -0.25) is 0 Å². The Kier molecular flexibility index (Phi) is 5.30. The van der Waals surface area contributed by atoms with Crippen LogP contribution in [0.4, 0.5) is 30.7 Å². The third-order valence-electron chi connectivity index (χ3n) is 4.62. The van der Waals surface area contributed by atoms with Crippen molar-refractivity contribution in [3.8, 4) is 5.69 Å². The molecule has 3 nitrogen and oxygen atoms in total. The van der Waals surface area contributed by atoms with Crippen LogP contribution in [0.5, 0.6) is 0 Å².